The molecule has 16 nitrogen and oxygen atoms in total. The first-order valence-corrected chi connectivity index (χ1v) is 34.3. The van der Waals surface area contributed by atoms with Crippen molar-refractivity contribution in [2.45, 2.75) is 131 Å². The Morgan fingerprint density at radius 1 is 0.547 bits per heavy atom. The summed E-state index contributed by atoms with van der Waals surface area (Å²) in [6.45, 7) is 16.0. The molecule has 6 N–H and O–H groups in total. The summed E-state index contributed by atoms with van der Waals surface area (Å²) in [6.07, 6.45) is 8.65. The molecule has 0 aliphatic carbocycles. The molecule has 4 saturated heterocycles. The Labute approximate surface area is 463 Å². The lowest BCUT2D eigenvalue weighted by Crippen LogP contribution is -2.67. The Hall–Kier alpha value is -3.47. The van der Waals surface area contributed by atoms with Crippen molar-refractivity contribution in [3.05, 3.63) is 60.7 Å². The third-order valence-corrected chi connectivity index (χ3v) is 26.0. The molecule has 8 aliphatic rings. The van der Waals surface area contributed by atoms with E-state index in [0.717, 1.165) is 174 Å². The van der Waals surface area contributed by atoms with Crippen LogP contribution < -0.4 is 31.6 Å². The molecule has 75 heavy (non-hydrogen) atoms. The number of fused-ring (bicyclic) bond motifs is 4. The van der Waals surface area contributed by atoms with Gasteiger partial charge in [0.05, 0.1) is 30.8 Å². The van der Waals surface area contributed by atoms with Gasteiger partial charge >= 0.3 is 5.97 Å². The van der Waals surface area contributed by atoms with Gasteiger partial charge in [-0.2, -0.15) is 35.3 Å². The fourth-order valence-electron chi connectivity index (χ4n) is 11.9. The van der Waals surface area contributed by atoms with E-state index in [2.05, 4.69) is 146 Å². The lowest BCUT2D eigenvalue weighted by molar-refractivity contribution is -0.141. The lowest BCUT2D eigenvalue weighted by atomic mass is 10.1. The highest BCUT2D eigenvalue weighted by Gasteiger charge is 2.50. The molecule has 1 unspecified atom stereocenters. The molecule has 0 spiro atoms. The number of aliphatic carboxylic acids is 1. The van der Waals surface area contributed by atoms with Crippen LogP contribution in [0.4, 0.5) is 0 Å². The second kappa shape index (κ2) is 25.5. The first-order valence-electron chi connectivity index (χ1n) is 27.8. The number of hydrogen-bond donors (Lipinski definition) is 6. The zero-order chi connectivity index (χ0) is 51.8. The van der Waals surface area contributed by atoms with E-state index in [0.29, 0.717) is 48.6 Å². The number of aliphatic hydroxyl groups is 1. The van der Waals surface area contributed by atoms with Gasteiger partial charge in [0.15, 0.2) is 29.3 Å². The van der Waals surface area contributed by atoms with Crippen LogP contribution >= 0.6 is 47.0 Å². The maximum Gasteiger partial charge on any atom is 0.343 e. The van der Waals surface area contributed by atoms with Crippen molar-refractivity contribution in [3.63, 3.8) is 0 Å². The average molecular weight is 1120 g/mol. The normalized spacial score (nSPS) is 28.3. The number of nitrogens with zero attached hydrogens (tertiary/aromatic N) is 8. The van der Waals surface area contributed by atoms with Gasteiger partial charge < -0.3 is 55.5 Å². The minimum atomic E-state index is -2.62. The Morgan fingerprint density at radius 2 is 0.880 bits per heavy atom. The third-order valence-electron chi connectivity index (χ3n) is 16.1. The molecule has 0 bridgehead atoms. The van der Waals surface area contributed by atoms with Crippen molar-refractivity contribution in [2.75, 3.05) is 99.2 Å². The number of hydrogen-bond acceptors (Lipinski definition) is 19. The van der Waals surface area contributed by atoms with Crippen LogP contribution in [0.1, 0.15) is 72.1 Å². The molecular weight excluding hydrogens is 1040 g/mol. The van der Waals surface area contributed by atoms with E-state index >= 15 is 0 Å². The Balaban J connectivity index is 0.634. The number of nitrogens with one attached hydrogen (secondary N) is 4. The number of carbonyl (C=O) groups is 1. The molecule has 9 atom stereocenters. The SMILES string of the molecule is CC(C)(C)[Si](OC[C@H]1CCN2CC[C@H](CSC[C@H]3CCN4CC[C@H](CSC[C@H]5CCN6CC[C@H](CSC[C@H]7CCN8CC[C@H](CSC(O)C(=O)O)N=C8N7)N=C6N5)NC4=N3)NC2=N1)(c1ccccc1)c1ccccc1. The van der Waals surface area contributed by atoms with Gasteiger partial charge in [-0.25, -0.2) is 24.8 Å². The van der Waals surface area contributed by atoms with Crippen LogP contribution in [0, 0.1) is 0 Å². The zero-order valence-electron chi connectivity index (χ0n) is 44.4. The summed E-state index contributed by atoms with van der Waals surface area (Å²) < 4.78 is 7.33. The van der Waals surface area contributed by atoms with Gasteiger partial charge in [0, 0.05) is 117 Å². The number of aliphatic hydroxyl groups excluding tert-OH is 1. The Morgan fingerprint density at radius 3 is 1.25 bits per heavy atom. The minimum absolute atomic E-state index is 0.0219. The molecule has 0 radical (unpaired) electrons. The smallest absolute Gasteiger partial charge is 0.343 e. The number of guanidine groups is 4. The molecule has 8 aliphatic heterocycles. The molecule has 0 aromatic heterocycles. The first-order chi connectivity index (χ1) is 36.5. The van der Waals surface area contributed by atoms with Gasteiger partial charge in [0.1, 0.15) is 0 Å². The van der Waals surface area contributed by atoms with Crippen LogP contribution in [0.15, 0.2) is 80.6 Å². The van der Waals surface area contributed by atoms with E-state index in [9.17, 15) is 9.90 Å². The van der Waals surface area contributed by atoms with Crippen molar-refractivity contribution in [1.82, 2.24) is 40.9 Å². The summed E-state index contributed by atoms with van der Waals surface area (Å²) >= 11 is 7.16. The highest BCUT2D eigenvalue weighted by Crippen LogP contribution is 2.37. The molecule has 8 heterocycles. The summed E-state index contributed by atoms with van der Waals surface area (Å²) in [7, 11) is -2.62. The Kier molecular flexibility index (Phi) is 18.7. The van der Waals surface area contributed by atoms with Gasteiger partial charge in [-0.05, 0) is 66.8 Å². The van der Waals surface area contributed by atoms with Crippen LogP contribution in [0.25, 0.3) is 0 Å². The lowest BCUT2D eigenvalue weighted by Gasteiger charge is -2.44. The average Bonchev–Trinajstić information content (AvgIpc) is 3.42. The largest absolute Gasteiger partial charge is 0.479 e. The van der Waals surface area contributed by atoms with Crippen LogP contribution in [0.2, 0.25) is 5.04 Å². The summed E-state index contributed by atoms with van der Waals surface area (Å²) in [6, 6.07) is 24.4. The fourth-order valence-corrected chi connectivity index (χ4v) is 20.8. The second-order valence-corrected chi connectivity index (χ2v) is 31.3. The highest BCUT2D eigenvalue weighted by atomic mass is 32.2. The molecule has 2 aromatic rings. The number of thioether (sulfide) groups is 4. The van der Waals surface area contributed by atoms with Gasteiger partial charge in [0.2, 0.25) is 0 Å². The van der Waals surface area contributed by atoms with E-state index in [1.165, 1.54) is 10.4 Å². The molecule has 0 amide bonds. The minimum Gasteiger partial charge on any atom is -0.479 e. The van der Waals surface area contributed by atoms with Crippen molar-refractivity contribution < 1.29 is 19.4 Å². The van der Waals surface area contributed by atoms with Crippen LogP contribution in [-0.4, -0.2) is 221 Å². The maximum atomic E-state index is 11.0. The third kappa shape index (κ3) is 13.9. The van der Waals surface area contributed by atoms with Gasteiger partial charge in [-0.1, -0.05) is 81.4 Å². The molecular formula is C54H82N12O4S4Si. The number of benzene rings is 2. The van der Waals surface area contributed by atoms with Crippen molar-refractivity contribution in [3.8, 4) is 0 Å². The highest BCUT2D eigenvalue weighted by molar-refractivity contribution is 8.00. The molecule has 0 saturated carbocycles. The molecule has 10 rings (SSSR count). The van der Waals surface area contributed by atoms with E-state index in [1.54, 1.807) is 0 Å². The fraction of sp³-hybridized carbons (Fsp3) is 0.685. The molecule has 2 aromatic carbocycles. The standard InChI is InChI=1S/C54H82N12O4S4Si/c1-54(2,3)75(46-10-6-4-7-11-46,47-12-8-5-9-13-47)70-30-38-14-22-63-23-15-39(56-50(63)55-38)31-71-32-40-16-24-64-25-17-41(58-51(64)57-40)33-72-34-42-18-26-65-27-19-43(60-52(65)59-42)35-73-36-44-20-28-66-29-21-45(62-53(66)61-44)37-74-49(69)48(67)68/h4-13,38-45,49,69H,14-37H2,1-3H3,(H,55,56)(H,57,58)(H,59,60)(H,61,62)(H,67,68)/t38-,39-,40-,41-,42-,43-,44-,45-,49?/m1/s1. The van der Waals surface area contributed by atoms with E-state index in [4.69, 9.17) is 29.5 Å². The quantitative estimate of drug-likeness (QED) is 0.0779. The monoisotopic (exact) mass is 1120 g/mol. The predicted octanol–water partition coefficient (Wildman–Crippen LogP) is 4.07. The van der Waals surface area contributed by atoms with Crippen molar-refractivity contribution in [2.24, 2.45) is 20.0 Å². The molecule has 21 heteroatoms. The van der Waals surface area contributed by atoms with Crippen LogP contribution in [0.3, 0.4) is 0 Å². The summed E-state index contributed by atoms with van der Waals surface area (Å²) in [5, 5.41) is 36.6. The van der Waals surface area contributed by atoms with Gasteiger partial charge in [-0.15, -0.1) is 11.8 Å². The summed E-state index contributed by atoms with van der Waals surface area (Å²) in [5.41, 5.74) is -1.39. The van der Waals surface area contributed by atoms with E-state index in [-0.39, 0.29) is 17.1 Å². The number of carboxylic acid groups (broad SMARTS) is 1. The predicted molar refractivity (Wildman–Crippen MR) is 317 cm³/mol. The second-order valence-electron chi connectivity index (χ2n) is 22.7. The van der Waals surface area contributed by atoms with Gasteiger partial charge in [0.25, 0.3) is 8.32 Å². The topological polar surface area (TPSA) is 177 Å². The molecule has 4 fully saturated rings. The van der Waals surface area contributed by atoms with Crippen molar-refractivity contribution in [1.29, 1.82) is 0 Å². The first kappa shape index (κ1) is 54.9. The van der Waals surface area contributed by atoms with Crippen LogP contribution in [0.5, 0.6) is 0 Å². The van der Waals surface area contributed by atoms with Gasteiger partial charge in [-0.3, -0.25) is 0 Å². The van der Waals surface area contributed by atoms with E-state index < -0.39 is 19.7 Å². The molecule has 410 valence electrons. The van der Waals surface area contributed by atoms with E-state index in [1.807, 2.05) is 11.8 Å². The number of aliphatic imine (C=N–C) groups is 4. The Bertz CT molecular complexity index is 2300. The number of carboxylic acids is 1. The zero-order valence-corrected chi connectivity index (χ0v) is 48.6. The maximum absolute atomic E-state index is 11.0. The summed E-state index contributed by atoms with van der Waals surface area (Å²) in [5.74, 6) is 9.85. The summed E-state index contributed by atoms with van der Waals surface area (Å²) in [4.78, 5) is 41.5. The van der Waals surface area contributed by atoms with Crippen molar-refractivity contribution >= 4 is 95.5 Å². The number of rotatable bonds is 21. The van der Waals surface area contributed by atoms with Crippen LogP contribution in [-0.2, 0) is 9.22 Å².